The van der Waals surface area contributed by atoms with Crippen molar-refractivity contribution in [3.8, 4) is 17.6 Å². The molecule has 0 aliphatic heterocycles. The van der Waals surface area contributed by atoms with E-state index < -0.39 is 12.1 Å². The summed E-state index contributed by atoms with van der Waals surface area (Å²) in [7, 11) is 4.63. The van der Waals surface area contributed by atoms with Gasteiger partial charge in [0.1, 0.15) is 11.5 Å². The second-order valence-corrected chi connectivity index (χ2v) is 5.23. The van der Waals surface area contributed by atoms with Gasteiger partial charge in [0.25, 0.3) is 5.91 Å². The maximum atomic E-state index is 12.0. The van der Waals surface area contributed by atoms with Crippen molar-refractivity contribution in [1.29, 1.82) is 5.26 Å². The van der Waals surface area contributed by atoms with Gasteiger partial charge in [-0.25, -0.2) is 4.79 Å². The van der Waals surface area contributed by atoms with Gasteiger partial charge in [-0.2, -0.15) is 5.26 Å². The molecule has 134 valence electrons. The first-order valence-corrected chi connectivity index (χ1v) is 7.65. The monoisotopic (exact) mass is 346 g/mol. The molecule has 0 aromatic heterocycles. The molecule has 0 spiro atoms. The van der Waals surface area contributed by atoms with Gasteiger partial charge < -0.3 is 19.1 Å². The molecule has 1 atom stereocenters. The quantitative estimate of drug-likeness (QED) is 0.528. The van der Waals surface area contributed by atoms with E-state index in [1.54, 1.807) is 31.3 Å². The highest BCUT2D eigenvalue weighted by molar-refractivity contribution is 5.90. The van der Waals surface area contributed by atoms with E-state index in [2.05, 4.69) is 0 Å². The first-order chi connectivity index (χ1) is 11.9. The molecule has 0 aliphatic rings. The molecule has 25 heavy (non-hydrogen) atoms. The number of carbonyl (C=O) groups is 2. The van der Waals surface area contributed by atoms with Gasteiger partial charge in [-0.15, -0.1) is 0 Å². The molecular weight excluding hydrogens is 324 g/mol. The number of hydrogen-bond acceptors (Lipinski definition) is 6. The molecule has 7 heteroatoms. The number of carbonyl (C=O) groups excluding carboxylic acids is 2. The van der Waals surface area contributed by atoms with Crippen LogP contribution < -0.4 is 9.47 Å². The number of ether oxygens (including phenoxy) is 3. The highest BCUT2D eigenvalue weighted by atomic mass is 16.5. The number of likely N-dealkylation sites (N-methyl/N-ethyl adjacent to an activating group) is 1. The first-order valence-electron chi connectivity index (χ1n) is 7.65. The van der Waals surface area contributed by atoms with Crippen LogP contribution in [0.1, 0.15) is 18.9 Å². The first kappa shape index (κ1) is 20.0. The maximum absolute atomic E-state index is 12.0. The Kier molecular flexibility index (Phi) is 8.00. The topological polar surface area (TPSA) is 88.9 Å². The van der Waals surface area contributed by atoms with E-state index in [1.165, 1.54) is 32.1 Å². The molecule has 0 radical (unpaired) electrons. The van der Waals surface area contributed by atoms with Gasteiger partial charge in [-0.05, 0) is 30.7 Å². The molecule has 1 aromatic rings. The normalized spacial score (nSPS) is 11.5. The van der Waals surface area contributed by atoms with Gasteiger partial charge in [0, 0.05) is 25.7 Å². The number of esters is 1. The molecular formula is C18H22N2O5. The molecule has 0 heterocycles. The second-order valence-electron chi connectivity index (χ2n) is 5.23. The lowest BCUT2D eigenvalue weighted by molar-refractivity contribution is -0.154. The van der Waals surface area contributed by atoms with Crippen molar-refractivity contribution >= 4 is 18.0 Å². The van der Waals surface area contributed by atoms with Crippen molar-refractivity contribution in [2.75, 3.05) is 27.8 Å². The van der Waals surface area contributed by atoms with Gasteiger partial charge in [-0.3, -0.25) is 4.79 Å². The zero-order valence-corrected chi connectivity index (χ0v) is 14.8. The molecule has 0 saturated carbocycles. The van der Waals surface area contributed by atoms with E-state index in [4.69, 9.17) is 19.5 Å². The second kappa shape index (κ2) is 9.98. The van der Waals surface area contributed by atoms with Crippen LogP contribution >= 0.6 is 0 Å². The number of nitriles is 1. The molecule has 0 N–H and O–H groups in total. The van der Waals surface area contributed by atoms with Crippen molar-refractivity contribution < 1.29 is 23.8 Å². The van der Waals surface area contributed by atoms with Crippen molar-refractivity contribution in [2.45, 2.75) is 19.4 Å². The van der Waals surface area contributed by atoms with Crippen LogP contribution in [0.4, 0.5) is 0 Å². The number of hydrogen-bond donors (Lipinski definition) is 0. The summed E-state index contributed by atoms with van der Waals surface area (Å²) in [6.45, 7) is 1.78. The Morgan fingerprint density at radius 2 is 1.84 bits per heavy atom. The van der Waals surface area contributed by atoms with Crippen molar-refractivity contribution in [2.24, 2.45) is 0 Å². The molecule has 0 bridgehead atoms. The summed E-state index contributed by atoms with van der Waals surface area (Å²) in [6, 6.07) is 7.14. The third-order valence-electron chi connectivity index (χ3n) is 3.36. The summed E-state index contributed by atoms with van der Waals surface area (Å²) in [4.78, 5) is 25.2. The van der Waals surface area contributed by atoms with E-state index in [9.17, 15) is 9.59 Å². The number of amides is 1. The Hall–Kier alpha value is -3.01. The highest BCUT2D eigenvalue weighted by Crippen LogP contribution is 2.23. The van der Waals surface area contributed by atoms with Crippen LogP contribution in [0.2, 0.25) is 0 Å². The molecule has 1 rings (SSSR count). The van der Waals surface area contributed by atoms with Crippen LogP contribution in [0.5, 0.6) is 11.5 Å². The Bertz CT molecular complexity index is 656. The molecule has 0 fully saturated rings. The molecule has 0 saturated heterocycles. The summed E-state index contributed by atoms with van der Waals surface area (Å²) in [6.07, 6.45) is 2.07. The van der Waals surface area contributed by atoms with Gasteiger partial charge in [0.15, 0.2) is 6.10 Å². The van der Waals surface area contributed by atoms with Crippen LogP contribution in [0.15, 0.2) is 24.3 Å². The minimum absolute atomic E-state index is 0.223. The lowest BCUT2D eigenvalue weighted by Gasteiger charge is -2.19. The van der Waals surface area contributed by atoms with E-state index in [0.29, 0.717) is 17.1 Å². The van der Waals surface area contributed by atoms with Crippen LogP contribution in [-0.4, -0.2) is 50.7 Å². The average molecular weight is 346 g/mol. The smallest absolute Gasteiger partial charge is 0.331 e. The van der Waals surface area contributed by atoms with Crippen molar-refractivity contribution in [3.05, 3.63) is 29.8 Å². The summed E-state index contributed by atoms with van der Waals surface area (Å²) in [5.41, 5.74) is 0.693. The fourth-order valence-electron chi connectivity index (χ4n) is 1.99. The number of rotatable bonds is 8. The fraction of sp³-hybridized carbons (Fsp3) is 0.389. The highest BCUT2D eigenvalue weighted by Gasteiger charge is 2.20. The Balaban J connectivity index is 2.68. The SMILES string of the molecule is COc1cc(/C=C/C(=O)O[C@@H](C)C(=O)N(C)CCC#N)cc(OC)c1. The predicted molar refractivity (Wildman–Crippen MR) is 92.0 cm³/mol. The molecule has 7 nitrogen and oxygen atoms in total. The van der Waals surface area contributed by atoms with Gasteiger partial charge in [-0.1, -0.05) is 0 Å². The zero-order valence-electron chi connectivity index (χ0n) is 14.8. The minimum atomic E-state index is -0.930. The minimum Gasteiger partial charge on any atom is -0.497 e. The Morgan fingerprint density at radius 1 is 1.24 bits per heavy atom. The Labute approximate surface area is 147 Å². The van der Waals surface area contributed by atoms with Crippen LogP contribution in [0, 0.1) is 11.3 Å². The third kappa shape index (κ3) is 6.55. The Morgan fingerprint density at radius 3 is 2.36 bits per heavy atom. The van der Waals surface area contributed by atoms with Gasteiger partial charge >= 0.3 is 5.97 Å². The van der Waals surface area contributed by atoms with Crippen LogP contribution in [0.25, 0.3) is 6.08 Å². The molecule has 1 amide bonds. The van der Waals surface area contributed by atoms with Gasteiger partial charge in [0.2, 0.25) is 0 Å². The average Bonchev–Trinajstić information content (AvgIpc) is 2.63. The van der Waals surface area contributed by atoms with E-state index in [0.717, 1.165) is 0 Å². The molecule has 0 aliphatic carbocycles. The number of methoxy groups -OCH3 is 2. The van der Waals surface area contributed by atoms with Crippen LogP contribution in [-0.2, 0) is 14.3 Å². The van der Waals surface area contributed by atoms with E-state index in [1.807, 2.05) is 6.07 Å². The lowest BCUT2D eigenvalue weighted by atomic mass is 10.2. The summed E-state index contributed by atoms with van der Waals surface area (Å²) < 4.78 is 15.4. The lowest BCUT2D eigenvalue weighted by Crippen LogP contribution is -2.37. The predicted octanol–water partition coefficient (Wildman–Crippen LogP) is 2.02. The van der Waals surface area contributed by atoms with Gasteiger partial charge in [0.05, 0.1) is 26.7 Å². The maximum Gasteiger partial charge on any atom is 0.331 e. The largest absolute Gasteiger partial charge is 0.497 e. The molecule has 0 unspecified atom stereocenters. The summed E-state index contributed by atoms with van der Waals surface area (Å²) in [5, 5.41) is 8.53. The van der Waals surface area contributed by atoms with E-state index in [-0.39, 0.29) is 18.9 Å². The summed E-state index contributed by atoms with van der Waals surface area (Å²) in [5.74, 6) is 0.182. The van der Waals surface area contributed by atoms with Crippen molar-refractivity contribution in [3.63, 3.8) is 0 Å². The van der Waals surface area contributed by atoms with Crippen molar-refractivity contribution in [1.82, 2.24) is 4.90 Å². The van der Waals surface area contributed by atoms with Crippen LogP contribution in [0.3, 0.4) is 0 Å². The summed E-state index contributed by atoms with van der Waals surface area (Å²) >= 11 is 0. The number of benzene rings is 1. The van der Waals surface area contributed by atoms with E-state index >= 15 is 0 Å². The third-order valence-corrected chi connectivity index (χ3v) is 3.36. The fourth-order valence-corrected chi connectivity index (χ4v) is 1.99. The standard InChI is InChI=1S/C18H22N2O5/c1-13(18(22)20(2)9-5-8-19)25-17(21)7-6-14-10-15(23-3)12-16(11-14)24-4/h6-7,10-13H,5,9H2,1-4H3/b7-6+/t13-/m0/s1. The number of nitrogens with zero attached hydrogens (tertiary/aromatic N) is 2. The zero-order chi connectivity index (χ0) is 18.8. The molecule has 1 aromatic carbocycles.